The first-order chi connectivity index (χ1) is 10.8. The number of aliphatic carboxylic acids is 1. The second kappa shape index (κ2) is 7.18. The molecule has 4 N–H and O–H groups in total. The number of rotatable bonds is 5. The number of carboxylic acid groups (broad SMARTS) is 1. The first-order valence-electron chi connectivity index (χ1n) is 7.03. The first kappa shape index (κ1) is 17.6. The van der Waals surface area contributed by atoms with E-state index in [1.807, 2.05) is 19.1 Å². The number of aryl methyl sites for hydroxylation is 2. The van der Waals surface area contributed by atoms with Gasteiger partial charge in [0.05, 0.1) is 3.57 Å². The van der Waals surface area contributed by atoms with Gasteiger partial charge in [0, 0.05) is 0 Å². The van der Waals surface area contributed by atoms with Crippen LogP contribution < -0.4 is 10.5 Å². The maximum absolute atomic E-state index is 10.9. The van der Waals surface area contributed by atoms with E-state index in [-0.39, 0.29) is 12.2 Å². The Kier molecular flexibility index (Phi) is 5.48. The molecule has 0 amide bonds. The molecule has 1 atom stereocenters. The number of ether oxygens (including phenoxy) is 1. The SMILES string of the molecule is Cc1cc(Oc2c(C)cc(CC(N)C(=O)O)cc2I)ccc1O. The highest BCUT2D eigenvalue weighted by molar-refractivity contribution is 14.1. The third-order valence-corrected chi connectivity index (χ3v) is 4.25. The van der Waals surface area contributed by atoms with Gasteiger partial charge in [0.1, 0.15) is 23.3 Å². The van der Waals surface area contributed by atoms with Crippen molar-refractivity contribution in [1.29, 1.82) is 0 Å². The van der Waals surface area contributed by atoms with Gasteiger partial charge in [0.2, 0.25) is 0 Å². The average Bonchev–Trinajstić information content (AvgIpc) is 2.46. The van der Waals surface area contributed by atoms with Crippen LogP contribution in [-0.4, -0.2) is 22.2 Å². The molecule has 5 nitrogen and oxygen atoms in total. The van der Waals surface area contributed by atoms with Crippen LogP contribution in [0.3, 0.4) is 0 Å². The topological polar surface area (TPSA) is 92.8 Å². The molecule has 2 rings (SSSR count). The second-order valence-electron chi connectivity index (χ2n) is 5.42. The molecule has 0 saturated heterocycles. The van der Waals surface area contributed by atoms with Gasteiger partial charge in [-0.05, 0) is 83.8 Å². The predicted octanol–water partition coefficient (Wildman–Crippen LogP) is 3.36. The Hall–Kier alpha value is -1.80. The highest BCUT2D eigenvalue weighted by atomic mass is 127. The molecule has 2 aromatic rings. The van der Waals surface area contributed by atoms with Gasteiger partial charge >= 0.3 is 5.97 Å². The van der Waals surface area contributed by atoms with E-state index < -0.39 is 12.0 Å². The van der Waals surface area contributed by atoms with Crippen LogP contribution in [-0.2, 0) is 11.2 Å². The van der Waals surface area contributed by atoms with Crippen molar-refractivity contribution in [1.82, 2.24) is 0 Å². The van der Waals surface area contributed by atoms with E-state index in [1.54, 1.807) is 25.1 Å². The lowest BCUT2D eigenvalue weighted by atomic mass is 10.0. The Morgan fingerprint density at radius 1 is 1.26 bits per heavy atom. The zero-order chi connectivity index (χ0) is 17.1. The van der Waals surface area contributed by atoms with Crippen molar-refractivity contribution < 1.29 is 19.7 Å². The van der Waals surface area contributed by atoms with Crippen molar-refractivity contribution in [2.45, 2.75) is 26.3 Å². The Morgan fingerprint density at radius 2 is 1.96 bits per heavy atom. The van der Waals surface area contributed by atoms with E-state index in [0.29, 0.717) is 11.5 Å². The molecule has 0 aliphatic carbocycles. The zero-order valence-electron chi connectivity index (χ0n) is 12.8. The van der Waals surface area contributed by atoms with Crippen molar-refractivity contribution >= 4 is 28.6 Å². The number of nitrogens with two attached hydrogens (primary N) is 1. The first-order valence-corrected chi connectivity index (χ1v) is 8.10. The van der Waals surface area contributed by atoms with Crippen molar-refractivity contribution in [2.24, 2.45) is 5.73 Å². The molecule has 0 saturated carbocycles. The van der Waals surface area contributed by atoms with Gasteiger partial charge in [-0.3, -0.25) is 4.79 Å². The van der Waals surface area contributed by atoms with Gasteiger partial charge in [0.25, 0.3) is 0 Å². The van der Waals surface area contributed by atoms with Crippen molar-refractivity contribution in [2.75, 3.05) is 0 Å². The second-order valence-corrected chi connectivity index (χ2v) is 6.59. The van der Waals surface area contributed by atoms with Gasteiger partial charge in [-0.25, -0.2) is 0 Å². The fourth-order valence-corrected chi connectivity index (χ4v) is 3.14. The number of phenols is 1. The number of phenolic OH excluding ortho intramolecular Hbond substituents is 1. The monoisotopic (exact) mass is 427 g/mol. The molecule has 23 heavy (non-hydrogen) atoms. The van der Waals surface area contributed by atoms with Crippen molar-refractivity contribution in [3.8, 4) is 17.2 Å². The van der Waals surface area contributed by atoms with Crippen LogP contribution in [0.15, 0.2) is 30.3 Å². The van der Waals surface area contributed by atoms with Crippen LogP contribution >= 0.6 is 22.6 Å². The summed E-state index contributed by atoms with van der Waals surface area (Å²) >= 11 is 2.16. The highest BCUT2D eigenvalue weighted by Crippen LogP contribution is 2.33. The minimum atomic E-state index is -1.02. The lowest BCUT2D eigenvalue weighted by Gasteiger charge is -2.14. The third kappa shape index (κ3) is 4.35. The summed E-state index contributed by atoms with van der Waals surface area (Å²) in [6.07, 6.45) is 0.269. The number of halogens is 1. The molecule has 0 aromatic heterocycles. The number of hydrogen-bond acceptors (Lipinski definition) is 4. The molecule has 2 aromatic carbocycles. The quantitative estimate of drug-likeness (QED) is 0.637. The van der Waals surface area contributed by atoms with Crippen LogP contribution in [0.5, 0.6) is 17.2 Å². The number of carboxylic acids is 1. The van der Waals surface area contributed by atoms with Gasteiger partial charge in [-0.1, -0.05) is 6.07 Å². The van der Waals surface area contributed by atoms with Crippen LogP contribution in [0, 0.1) is 17.4 Å². The number of carbonyl (C=O) groups is 1. The molecule has 6 heteroatoms. The van der Waals surface area contributed by atoms with Gasteiger partial charge in [-0.15, -0.1) is 0 Å². The molecule has 122 valence electrons. The maximum Gasteiger partial charge on any atom is 0.320 e. The molecule has 0 aliphatic heterocycles. The summed E-state index contributed by atoms with van der Waals surface area (Å²) < 4.78 is 6.79. The Balaban J connectivity index is 2.26. The minimum Gasteiger partial charge on any atom is -0.508 e. The smallest absolute Gasteiger partial charge is 0.320 e. The molecular formula is C17H18INO4. The van der Waals surface area contributed by atoms with E-state index in [2.05, 4.69) is 22.6 Å². The molecule has 0 bridgehead atoms. The van der Waals surface area contributed by atoms with Gasteiger partial charge < -0.3 is 20.7 Å². The maximum atomic E-state index is 10.9. The summed E-state index contributed by atoms with van der Waals surface area (Å²) in [7, 11) is 0. The minimum absolute atomic E-state index is 0.224. The normalized spacial score (nSPS) is 12.0. The summed E-state index contributed by atoms with van der Waals surface area (Å²) in [6, 6.07) is 7.89. The lowest BCUT2D eigenvalue weighted by molar-refractivity contribution is -0.138. The number of aromatic hydroxyl groups is 1. The largest absolute Gasteiger partial charge is 0.508 e. The fraction of sp³-hybridized carbons (Fsp3) is 0.235. The zero-order valence-corrected chi connectivity index (χ0v) is 15.0. The molecular weight excluding hydrogens is 409 g/mol. The number of benzene rings is 2. The fourth-order valence-electron chi connectivity index (χ4n) is 2.20. The summed E-state index contributed by atoms with van der Waals surface area (Å²) in [5.74, 6) is 0.555. The molecule has 0 spiro atoms. The van der Waals surface area contributed by atoms with E-state index in [0.717, 1.165) is 20.3 Å². The average molecular weight is 427 g/mol. The van der Waals surface area contributed by atoms with Crippen LogP contribution in [0.1, 0.15) is 16.7 Å². The van der Waals surface area contributed by atoms with Crippen LogP contribution in [0.25, 0.3) is 0 Å². The summed E-state index contributed by atoms with van der Waals surface area (Å²) in [6.45, 7) is 3.71. The highest BCUT2D eigenvalue weighted by Gasteiger charge is 2.15. The van der Waals surface area contributed by atoms with Crippen LogP contribution in [0.2, 0.25) is 0 Å². The molecule has 0 heterocycles. The van der Waals surface area contributed by atoms with Crippen LogP contribution in [0.4, 0.5) is 0 Å². The van der Waals surface area contributed by atoms with E-state index >= 15 is 0 Å². The predicted molar refractivity (Wildman–Crippen MR) is 96.1 cm³/mol. The number of hydrogen-bond donors (Lipinski definition) is 3. The van der Waals surface area contributed by atoms with Crippen molar-refractivity contribution in [3.63, 3.8) is 0 Å². The molecule has 0 aliphatic rings. The van der Waals surface area contributed by atoms with E-state index in [4.69, 9.17) is 15.6 Å². The molecule has 1 unspecified atom stereocenters. The summed E-state index contributed by atoms with van der Waals surface area (Å²) in [4.78, 5) is 10.9. The lowest BCUT2D eigenvalue weighted by Crippen LogP contribution is -2.32. The Bertz CT molecular complexity index is 722. The Labute approximate surface area is 148 Å². The van der Waals surface area contributed by atoms with Gasteiger partial charge in [-0.2, -0.15) is 0 Å². The summed E-state index contributed by atoms with van der Waals surface area (Å²) in [5.41, 5.74) is 8.08. The Morgan fingerprint density at radius 3 is 2.52 bits per heavy atom. The molecule has 0 fully saturated rings. The molecule has 0 radical (unpaired) electrons. The summed E-state index contributed by atoms with van der Waals surface area (Å²) in [5, 5.41) is 18.5. The van der Waals surface area contributed by atoms with E-state index in [9.17, 15) is 9.90 Å². The third-order valence-electron chi connectivity index (χ3n) is 3.45. The van der Waals surface area contributed by atoms with Crippen molar-refractivity contribution in [3.05, 3.63) is 50.6 Å². The van der Waals surface area contributed by atoms with Gasteiger partial charge in [0.15, 0.2) is 0 Å². The standard InChI is InChI=1S/C17H18INO4/c1-9-6-12(3-4-15(9)20)23-16-10(2)5-11(7-13(16)18)8-14(19)17(21)22/h3-7,14,20H,8,19H2,1-2H3,(H,21,22). The van der Waals surface area contributed by atoms with E-state index in [1.165, 1.54) is 0 Å².